The number of rotatable bonds is 4. The first-order valence-corrected chi connectivity index (χ1v) is 5.86. The molecule has 1 unspecified atom stereocenters. The Bertz CT molecular complexity index is 336. The van der Waals surface area contributed by atoms with Gasteiger partial charge in [0.1, 0.15) is 0 Å². The SMILES string of the molecule is Cc1cc(C)cc(NCC(C)(O)C(C)C)c1. The van der Waals surface area contributed by atoms with E-state index in [1.54, 1.807) is 0 Å². The standard InChI is InChI=1S/C14H23NO/c1-10(2)14(5,16)9-15-13-7-11(3)6-12(4)8-13/h6-8,10,15-16H,9H2,1-5H3. The average molecular weight is 221 g/mol. The molecule has 0 amide bonds. The Morgan fingerprint density at radius 1 is 1.19 bits per heavy atom. The van der Waals surface area contributed by atoms with Gasteiger partial charge < -0.3 is 10.4 Å². The van der Waals surface area contributed by atoms with E-state index in [4.69, 9.17) is 0 Å². The average Bonchev–Trinajstić information content (AvgIpc) is 2.13. The van der Waals surface area contributed by atoms with Crippen molar-refractivity contribution in [2.75, 3.05) is 11.9 Å². The monoisotopic (exact) mass is 221 g/mol. The lowest BCUT2D eigenvalue weighted by molar-refractivity contribution is 0.0266. The van der Waals surface area contributed by atoms with Gasteiger partial charge in [0.15, 0.2) is 0 Å². The molecule has 0 radical (unpaired) electrons. The molecule has 1 aromatic carbocycles. The number of anilines is 1. The Labute approximate surface area is 98.7 Å². The van der Waals surface area contributed by atoms with Gasteiger partial charge in [-0.15, -0.1) is 0 Å². The highest BCUT2D eigenvalue weighted by Gasteiger charge is 2.24. The maximum absolute atomic E-state index is 10.1. The smallest absolute Gasteiger partial charge is 0.0813 e. The fourth-order valence-electron chi connectivity index (χ4n) is 1.56. The summed E-state index contributed by atoms with van der Waals surface area (Å²) in [5.74, 6) is 0.242. The van der Waals surface area contributed by atoms with Crippen molar-refractivity contribution in [1.29, 1.82) is 0 Å². The zero-order valence-corrected chi connectivity index (χ0v) is 11.0. The minimum atomic E-state index is -0.669. The van der Waals surface area contributed by atoms with Crippen LogP contribution in [0.2, 0.25) is 0 Å². The van der Waals surface area contributed by atoms with E-state index in [0.29, 0.717) is 6.54 Å². The molecule has 1 rings (SSSR count). The van der Waals surface area contributed by atoms with Crippen molar-refractivity contribution in [3.63, 3.8) is 0 Å². The summed E-state index contributed by atoms with van der Waals surface area (Å²) in [6.07, 6.45) is 0. The summed E-state index contributed by atoms with van der Waals surface area (Å²) in [5.41, 5.74) is 2.90. The van der Waals surface area contributed by atoms with E-state index in [2.05, 4.69) is 37.4 Å². The summed E-state index contributed by atoms with van der Waals surface area (Å²) in [5, 5.41) is 13.4. The van der Waals surface area contributed by atoms with Gasteiger partial charge in [-0.25, -0.2) is 0 Å². The second kappa shape index (κ2) is 4.88. The summed E-state index contributed by atoms with van der Waals surface area (Å²) >= 11 is 0. The number of aliphatic hydroxyl groups is 1. The topological polar surface area (TPSA) is 32.3 Å². The second-order valence-corrected chi connectivity index (χ2v) is 5.24. The second-order valence-electron chi connectivity index (χ2n) is 5.24. The van der Waals surface area contributed by atoms with Crippen LogP contribution >= 0.6 is 0 Å². The Morgan fingerprint density at radius 2 is 1.69 bits per heavy atom. The minimum Gasteiger partial charge on any atom is -0.388 e. The molecule has 0 spiro atoms. The molecule has 0 aliphatic carbocycles. The molecule has 2 N–H and O–H groups in total. The highest BCUT2D eigenvalue weighted by Crippen LogP contribution is 2.19. The Morgan fingerprint density at radius 3 is 2.12 bits per heavy atom. The molecule has 0 saturated heterocycles. The fraction of sp³-hybridized carbons (Fsp3) is 0.571. The first-order valence-electron chi connectivity index (χ1n) is 5.86. The number of aryl methyl sites for hydroxylation is 2. The van der Waals surface area contributed by atoms with Crippen LogP contribution in [-0.2, 0) is 0 Å². The van der Waals surface area contributed by atoms with Gasteiger partial charge in [0.05, 0.1) is 5.60 Å². The van der Waals surface area contributed by atoms with Gasteiger partial charge in [0.2, 0.25) is 0 Å². The molecule has 1 atom stereocenters. The molecule has 0 fully saturated rings. The lowest BCUT2D eigenvalue weighted by Gasteiger charge is -2.28. The summed E-state index contributed by atoms with van der Waals surface area (Å²) in [4.78, 5) is 0. The summed E-state index contributed by atoms with van der Waals surface area (Å²) in [7, 11) is 0. The predicted molar refractivity (Wildman–Crippen MR) is 69.9 cm³/mol. The Kier molecular flexibility index (Phi) is 3.98. The molecule has 2 nitrogen and oxygen atoms in total. The van der Waals surface area contributed by atoms with E-state index in [-0.39, 0.29) is 5.92 Å². The zero-order valence-electron chi connectivity index (χ0n) is 11.0. The lowest BCUT2D eigenvalue weighted by Crippen LogP contribution is -2.38. The summed E-state index contributed by atoms with van der Waals surface area (Å²) in [6.45, 7) is 10.7. The van der Waals surface area contributed by atoms with Crippen LogP contribution in [0.1, 0.15) is 31.9 Å². The number of benzene rings is 1. The molecule has 2 heteroatoms. The zero-order chi connectivity index (χ0) is 12.3. The van der Waals surface area contributed by atoms with Gasteiger partial charge >= 0.3 is 0 Å². The van der Waals surface area contributed by atoms with Crippen LogP contribution in [0, 0.1) is 19.8 Å². The first-order chi connectivity index (χ1) is 7.31. The van der Waals surface area contributed by atoms with Gasteiger partial charge in [0.25, 0.3) is 0 Å². The van der Waals surface area contributed by atoms with Crippen molar-refractivity contribution in [2.45, 2.75) is 40.2 Å². The Hall–Kier alpha value is -1.02. The van der Waals surface area contributed by atoms with Gasteiger partial charge in [0, 0.05) is 12.2 Å². The molecule has 0 aromatic heterocycles. The molecular weight excluding hydrogens is 198 g/mol. The summed E-state index contributed by atoms with van der Waals surface area (Å²) < 4.78 is 0. The molecule has 0 aliphatic rings. The third-order valence-corrected chi connectivity index (χ3v) is 3.12. The third kappa shape index (κ3) is 3.53. The largest absolute Gasteiger partial charge is 0.388 e. The molecule has 0 aliphatic heterocycles. The number of nitrogens with one attached hydrogen (secondary N) is 1. The maximum Gasteiger partial charge on any atom is 0.0813 e. The fourth-order valence-corrected chi connectivity index (χ4v) is 1.56. The van der Waals surface area contributed by atoms with Crippen LogP contribution in [0.4, 0.5) is 5.69 Å². The van der Waals surface area contributed by atoms with Crippen molar-refractivity contribution in [1.82, 2.24) is 0 Å². The highest BCUT2D eigenvalue weighted by atomic mass is 16.3. The van der Waals surface area contributed by atoms with E-state index in [0.717, 1.165) is 5.69 Å². The van der Waals surface area contributed by atoms with Crippen LogP contribution in [0.3, 0.4) is 0 Å². The lowest BCUT2D eigenvalue weighted by atomic mass is 9.92. The van der Waals surface area contributed by atoms with Gasteiger partial charge in [-0.1, -0.05) is 19.9 Å². The van der Waals surface area contributed by atoms with Gasteiger partial charge in [-0.3, -0.25) is 0 Å². The van der Waals surface area contributed by atoms with Crippen LogP contribution < -0.4 is 5.32 Å². The number of hydrogen-bond donors (Lipinski definition) is 2. The van der Waals surface area contributed by atoms with Crippen LogP contribution in [0.5, 0.6) is 0 Å². The van der Waals surface area contributed by atoms with E-state index in [1.807, 2.05) is 20.8 Å². The maximum atomic E-state index is 10.1. The molecule has 16 heavy (non-hydrogen) atoms. The van der Waals surface area contributed by atoms with Crippen molar-refractivity contribution >= 4 is 5.69 Å². The first kappa shape index (κ1) is 13.0. The Balaban J connectivity index is 2.68. The normalized spacial score (nSPS) is 14.9. The van der Waals surface area contributed by atoms with Gasteiger partial charge in [-0.05, 0) is 49.9 Å². The predicted octanol–water partition coefficient (Wildman–Crippen LogP) is 3.12. The van der Waals surface area contributed by atoms with E-state index >= 15 is 0 Å². The highest BCUT2D eigenvalue weighted by molar-refractivity contribution is 5.48. The van der Waals surface area contributed by atoms with Crippen LogP contribution in [0.15, 0.2) is 18.2 Å². The third-order valence-electron chi connectivity index (χ3n) is 3.12. The van der Waals surface area contributed by atoms with Crippen LogP contribution in [-0.4, -0.2) is 17.3 Å². The van der Waals surface area contributed by atoms with Crippen molar-refractivity contribution < 1.29 is 5.11 Å². The molecular formula is C14H23NO. The quantitative estimate of drug-likeness (QED) is 0.818. The van der Waals surface area contributed by atoms with Crippen molar-refractivity contribution in [2.24, 2.45) is 5.92 Å². The van der Waals surface area contributed by atoms with Gasteiger partial charge in [-0.2, -0.15) is 0 Å². The van der Waals surface area contributed by atoms with E-state index < -0.39 is 5.60 Å². The van der Waals surface area contributed by atoms with E-state index in [1.165, 1.54) is 11.1 Å². The van der Waals surface area contributed by atoms with Crippen molar-refractivity contribution in [3.8, 4) is 0 Å². The minimum absolute atomic E-state index is 0.242. The van der Waals surface area contributed by atoms with E-state index in [9.17, 15) is 5.11 Å². The molecule has 1 aromatic rings. The molecule has 0 saturated carbocycles. The van der Waals surface area contributed by atoms with Crippen molar-refractivity contribution in [3.05, 3.63) is 29.3 Å². The molecule has 90 valence electrons. The molecule has 0 heterocycles. The number of hydrogen-bond acceptors (Lipinski definition) is 2. The molecule has 0 bridgehead atoms. The summed E-state index contributed by atoms with van der Waals surface area (Å²) in [6, 6.07) is 6.35. The van der Waals surface area contributed by atoms with Crippen LogP contribution in [0.25, 0.3) is 0 Å².